The van der Waals surface area contributed by atoms with Crippen molar-refractivity contribution in [1.82, 2.24) is 19.7 Å². The minimum Gasteiger partial charge on any atom is -0.370 e. The van der Waals surface area contributed by atoms with Gasteiger partial charge in [-0.3, -0.25) is 4.68 Å². The van der Waals surface area contributed by atoms with Crippen LogP contribution in [0.15, 0.2) is 12.3 Å². The Morgan fingerprint density at radius 1 is 1.32 bits per heavy atom. The Hall–Kier alpha value is -1.91. The first-order valence-corrected chi connectivity index (χ1v) is 6.91. The lowest BCUT2D eigenvalue weighted by atomic mass is 10.2. The van der Waals surface area contributed by atoms with E-state index in [1.807, 2.05) is 19.3 Å². The highest BCUT2D eigenvalue weighted by Gasteiger charge is 2.20. The van der Waals surface area contributed by atoms with Crippen molar-refractivity contribution in [3.05, 3.63) is 23.5 Å². The van der Waals surface area contributed by atoms with Crippen molar-refractivity contribution >= 4 is 5.82 Å². The third-order valence-electron chi connectivity index (χ3n) is 3.42. The van der Waals surface area contributed by atoms with Gasteiger partial charge in [0.2, 0.25) is 0 Å². The van der Waals surface area contributed by atoms with E-state index in [1.165, 1.54) is 17.7 Å². The van der Waals surface area contributed by atoms with Gasteiger partial charge in [-0.15, -0.1) is 0 Å². The number of nitrogens with zero attached hydrogens (tertiary/aromatic N) is 4. The lowest BCUT2D eigenvalue weighted by molar-refractivity contribution is 0.768. The summed E-state index contributed by atoms with van der Waals surface area (Å²) in [6.07, 6.45) is 6.33. The van der Waals surface area contributed by atoms with E-state index in [0.29, 0.717) is 0 Å². The molecule has 0 bridgehead atoms. The minimum absolute atomic E-state index is 0.736. The van der Waals surface area contributed by atoms with Crippen LogP contribution in [0.1, 0.15) is 31.0 Å². The highest BCUT2D eigenvalue weighted by molar-refractivity contribution is 5.57. The number of aryl methyl sites for hydroxylation is 2. The van der Waals surface area contributed by atoms with Gasteiger partial charge in [-0.25, -0.2) is 9.97 Å². The average molecular weight is 257 g/mol. The Morgan fingerprint density at radius 3 is 2.95 bits per heavy atom. The number of hydrogen-bond donors (Lipinski definition) is 1. The molecule has 0 saturated heterocycles. The van der Waals surface area contributed by atoms with E-state index < -0.39 is 0 Å². The molecule has 0 amide bonds. The number of anilines is 1. The standard InChI is InChI=1S/C14H19N5/c1-3-8-15-13-10-5-4-6-11(10)16-14(17-13)12-7-9-19(2)18-12/h7,9H,3-6,8H2,1-2H3,(H,15,16,17). The van der Waals surface area contributed by atoms with Crippen molar-refractivity contribution in [2.45, 2.75) is 32.6 Å². The van der Waals surface area contributed by atoms with E-state index in [4.69, 9.17) is 0 Å². The fourth-order valence-corrected chi connectivity index (χ4v) is 2.47. The summed E-state index contributed by atoms with van der Waals surface area (Å²) in [6, 6.07) is 1.96. The summed E-state index contributed by atoms with van der Waals surface area (Å²) in [4.78, 5) is 9.35. The number of aromatic nitrogens is 4. The van der Waals surface area contributed by atoms with Crippen LogP contribution in [-0.4, -0.2) is 26.3 Å². The van der Waals surface area contributed by atoms with Gasteiger partial charge in [0.15, 0.2) is 5.82 Å². The molecule has 1 aliphatic carbocycles. The quantitative estimate of drug-likeness (QED) is 0.912. The van der Waals surface area contributed by atoms with Crippen LogP contribution in [0.25, 0.3) is 11.5 Å². The Morgan fingerprint density at radius 2 is 2.21 bits per heavy atom. The molecule has 1 N–H and O–H groups in total. The van der Waals surface area contributed by atoms with Crippen molar-refractivity contribution in [2.75, 3.05) is 11.9 Å². The van der Waals surface area contributed by atoms with Crippen molar-refractivity contribution in [1.29, 1.82) is 0 Å². The molecule has 0 atom stereocenters. The van der Waals surface area contributed by atoms with Crippen molar-refractivity contribution < 1.29 is 0 Å². The van der Waals surface area contributed by atoms with Crippen LogP contribution in [0.4, 0.5) is 5.82 Å². The molecule has 0 aromatic carbocycles. The van der Waals surface area contributed by atoms with Crippen LogP contribution in [0, 0.1) is 0 Å². The third kappa shape index (κ3) is 2.32. The second-order valence-corrected chi connectivity index (χ2v) is 4.98. The lowest BCUT2D eigenvalue weighted by Crippen LogP contribution is -2.08. The van der Waals surface area contributed by atoms with E-state index in [1.54, 1.807) is 4.68 Å². The fourth-order valence-electron chi connectivity index (χ4n) is 2.47. The van der Waals surface area contributed by atoms with Crippen LogP contribution in [0.3, 0.4) is 0 Å². The van der Waals surface area contributed by atoms with Gasteiger partial charge in [-0.1, -0.05) is 6.92 Å². The minimum atomic E-state index is 0.736. The number of nitrogens with one attached hydrogen (secondary N) is 1. The summed E-state index contributed by atoms with van der Waals surface area (Å²) in [5.41, 5.74) is 3.33. The molecular weight excluding hydrogens is 238 g/mol. The van der Waals surface area contributed by atoms with Crippen LogP contribution >= 0.6 is 0 Å². The third-order valence-corrected chi connectivity index (χ3v) is 3.42. The molecule has 0 spiro atoms. The van der Waals surface area contributed by atoms with E-state index in [9.17, 15) is 0 Å². The molecule has 2 heterocycles. The highest BCUT2D eigenvalue weighted by Crippen LogP contribution is 2.28. The maximum absolute atomic E-state index is 4.68. The SMILES string of the molecule is CCCNc1nc(-c2ccn(C)n2)nc2c1CCC2. The Balaban J connectivity index is 2.02. The Kier molecular flexibility index (Phi) is 3.19. The summed E-state index contributed by atoms with van der Waals surface area (Å²) in [6.45, 7) is 3.11. The summed E-state index contributed by atoms with van der Waals surface area (Å²) in [5, 5.41) is 7.82. The molecule has 0 unspecified atom stereocenters. The van der Waals surface area contributed by atoms with Crippen LogP contribution in [0.5, 0.6) is 0 Å². The maximum Gasteiger partial charge on any atom is 0.182 e. The van der Waals surface area contributed by atoms with Gasteiger partial charge in [0.1, 0.15) is 11.5 Å². The zero-order valence-electron chi connectivity index (χ0n) is 11.5. The number of hydrogen-bond acceptors (Lipinski definition) is 4. The molecule has 0 fully saturated rings. The summed E-state index contributed by atoms with van der Waals surface area (Å²) in [7, 11) is 1.91. The van der Waals surface area contributed by atoms with Crippen LogP contribution in [0.2, 0.25) is 0 Å². The molecule has 0 aliphatic heterocycles. The number of fused-ring (bicyclic) bond motifs is 1. The van der Waals surface area contributed by atoms with Gasteiger partial charge < -0.3 is 5.32 Å². The fraction of sp³-hybridized carbons (Fsp3) is 0.500. The first-order chi connectivity index (χ1) is 9.28. The molecule has 0 saturated carbocycles. The summed E-state index contributed by atoms with van der Waals surface area (Å²) < 4.78 is 1.78. The van der Waals surface area contributed by atoms with Gasteiger partial charge in [0.05, 0.1) is 0 Å². The Labute approximate surface area is 113 Å². The predicted molar refractivity (Wildman–Crippen MR) is 75.0 cm³/mol. The Bertz CT molecular complexity index is 588. The zero-order valence-corrected chi connectivity index (χ0v) is 11.5. The topological polar surface area (TPSA) is 55.6 Å². The van der Waals surface area contributed by atoms with Crippen molar-refractivity contribution in [2.24, 2.45) is 7.05 Å². The molecule has 19 heavy (non-hydrogen) atoms. The van der Waals surface area contributed by atoms with Gasteiger partial charge in [0.25, 0.3) is 0 Å². The lowest BCUT2D eigenvalue weighted by Gasteiger charge is -2.10. The van der Waals surface area contributed by atoms with E-state index in [2.05, 4.69) is 27.3 Å². The maximum atomic E-state index is 4.68. The molecule has 5 heteroatoms. The van der Waals surface area contributed by atoms with Gasteiger partial charge in [0, 0.05) is 31.0 Å². The molecular formula is C14H19N5. The van der Waals surface area contributed by atoms with E-state index in [0.717, 1.165) is 43.1 Å². The van der Waals surface area contributed by atoms with Gasteiger partial charge in [-0.05, 0) is 31.7 Å². The second-order valence-electron chi connectivity index (χ2n) is 4.98. The van der Waals surface area contributed by atoms with E-state index >= 15 is 0 Å². The summed E-state index contributed by atoms with van der Waals surface area (Å²) >= 11 is 0. The first-order valence-electron chi connectivity index (χ1n) is 6.91. The van der Waals surface area contributed by atoms with Crippen LogP contribution < -0.4 is 5.32 Å². The molecule has 0 radical (unpaired) electrons. The van der Waals surface area contributed by atoms with Crippen molar-refractivity contribution in [3.63, 3.8) is 0 Å². The zero-order chi connectivity index (χ0) is 13.2. The van der Waals surface area contributed by atoms with Gasteiger partial charge in [-0.2, -0.15) is 5.10 Å². The summed E-state index contributed by atoms with van der Waals surface area (Å²) in [5.74, 6) is 1.74. The molecule has 5 nitrogen and oxygen atoms in total. The van der Waals surface area contributed by atoms with Crippen molar-refractivity contribution in [3.8, 4) is 11.5 Å². The van der Waals surface area contributed by atoms with Crippen LogP contribution in [-0.2, 0) is 19.9 Å². The highest BCUT2D eigenvalue weighted by atomic mass is 15.3. The monoisotopic (exact) mass is 257 g/mol. The smallest absolute Gasteiger partial charge is 0.182 e. The molecule has 100 valence electrons. The largest absolute Gasteiger partial charge is 0.370 e. The first kappa shape index (κ1) is 12.1. The second kappa shape index (κ2) is 4.99. The molecule has 3 rings (SSSR count). The predicted octanol–water partition coefficient (Wildman–Crippen LogP) is 2.19. The normalized spacial score (nSPS) is 13.6. The van der Waals surface area contributed by atoms with Gasteiger partial charge >= 0.3 is 0 Å². The molecule has 2 aromatic rings. The molecule has 1 aliphatic rings. The average Bonchev–Trinajstić information content (AvgIpc) is 3.03. The molecule has 2 aromatic heterocycles. The van der Waals surface area contributed by atoms with E-state index in [-0.39, 0.29) is 0 Å². The number of rotatable bonds is 4.